The fourth-order valence-electron chi connectivity index (χ4n) is 0.874. The Morgan fingerprint density at radius 2 is 2.33 bits per heavy atom. The number of rotatable bonds is 1. The summed E-state index contributed by atoms with van der Waals surface area (Å²) in [5.74, 6) is 0. The molecule has 0 amide bonds. The Morgan fingerprint density at radius 1 is 1.58 bits per heavy atom. The van der Waals surface area contributed by atoms with Crippen LogP contribution in [0.25, 0.3) is 0 Å². The molecule has 0 saturated heterocycles. The molecule has 1 aromatic rings. The highest BCUT2D eigenvalue weighted by Crippen LogP contribution is 2.04. The van der Waals surface area contributed by atoms with Crippen LogP contribution >= 0.6 is 12.2 Å². The molecule has 0 aliphatic heterocycles. The molecule has 0 spiro atoms. The van der Waals surface area contributed by atoms with Crippen LogP contribution in [-0.2, 0) is 0 Å². The van der Waals surface area contributed by atoms with Crippen molar-refractivity contribution in [2.24, 2.45) is 0 Å². The predicted octanol–water partition coefficient (Wildman–Crippen LogP) is 1.45. The van der Waals surface area contributed by atoms with Gasteiger partial charge in [-0.15, -0.1) is 0 Å². The second-order valence-corrected chi connectivity index (χ2v) is 2.68. The molecule has 3 heteroatoms. The van der Waals surface area contributed by atoms with Gasteiger partial charge in [-0.05, 0) is 12.1 Å². The van der Waals surface area contributed by atoms with Crippen LogP contribution in [0.1, 0.15) is 11.1 Å². The summed E-state index contributed by atoms with van der Waals surface area (Å²) in [6.07, 6.45) is 0. The van der Waals surface area contributed by atoms with E-state index in [-0.39, 0.29) is 0 Å². The minimum Gasteiger partial charge on any atom is -0.379 e. The highest BCUT2D eigenvalue weighted by Gasteiger charge is 1.98. The molecule has 0 fully saturated rings. The van der Waals surface area contributed by atoms with Crippen LogP contribution in [0.2, 0.25) is 0 Å². The number of nitrogens with one attached hydrogen (secondary N) is 1. The number of thiocarbonyl (C=S) groups is 1. The van der Waals surface area contributed by atoms with Crippen molar-refractivity contribution in [3.63, 3.8) is 0 Å². The highest BCUT2D eigenvalue weighted by molar-refractivity contribution is 7.80. The maximum absolute atomic E-state index is 8.60. The third kappa shape index (κ3) is 1.80. The molecule has 1 N–H and O–H groups in total. The Bertz CT molecular complexity index is 339. The van der Waals surface area contributed by atoms with Crippen LogP contribution in [-0.4, -0.2) is 12.0 Å². The topological polar surface area (TPSA) is 35.8 Å². The molecule has 0 bridgehead atoms. The zero-order valence-electron chi connectivity index (χ0n) is 6.66. The Balaban J connectivity index is 3.04. The molecule has 0 aliphatic rings. The molecule has 0 unspecified atom stereocenters. The summed E-state index contributed by atoms with van der Waals surface area (Å²) in [6, 6.07) is 9.27. The average Bonchev–Trinajstić information content (AvgIpc) is 2.17. The molecule has 60 valence electrons. The number of nitrogens with zero attached hydrogens (tertiary/aromatic N) is 1. The third-order valence-electron chi connectivity index (χ3n) is 1.48. The highest BCUT2D eigenvalue weighted by atomic mass is 32.1. The van der Waals surface area contributed by atoms with Gasteiger partial charge in [-0.25, -0.2) is 0 Å². The van der Waals surface area contributed by atoms with Crippen molar-refractivity contribution in [1.29, 1.82) is 5.26 Å². The van der Waals surface area contributed by atoms with Crippen molar-refractivity contribution in [2.45, 2.75) is 0 Å². The van der Waals surface area contributed by atoms with E-state index in [9.17, 15) is 0 Å². The number of hydrogen-bond donors (Lipinski definition) is 1. The van der Waals surface area contributed by atoms with Gasteiger partial charge < -0.3 is 5.32 Å². The van der Waals surface area contributed by atoms with Crippen molar-refractivity contribution in [1.82, 2.24) is 5.32 Å². The Morgan fingerprint density at radius 3 is 2.92 bits per heavy atom. The van der Waals surface area contributed by atoms with E-state index >= 15 is 0 Å². The van der Waals surface area contributed by atoms with Gasteiger partial charge >= 0.3 is 0 Å². The van der Waals surface area contributed by atoms with Gasteiger partial charge in [0.1, 0.15) is 4.99 Å². The van der Waals surface area contributed by atoms with E-state index in [4.69, 9.17) is 17.5 Å². The third-order valence-corrected chi connectivity index (χ3v) is 1.92. The molecule has 0 aromatic heterocycles. The lowest BCUT2D eigenvalue weighted by Gasteiger charge is -2.01. The Hall–Kier alpha value is -1.40. The van der Waals surface area contributed by atoms with E-state index in [1.54, 1.807) is 19.2 Å². The van der Waals surface area contributed by atoms with Gasteiger partial charge in [0, 0.05) is 12.6 Å². The SMILES string of the molecule is CNC(=S)c1cccc(C#N)c1. The van der Waals surface area contributed by atoms with Crippen molar-refractivity contribution < 1.29 is 0 Å². The molecular formula is C9H8N2S. The molecule has 0 atom stereocenters. The maximum Gasteiger partial charge on any atom is 0.106 e. The molecule has 1 aromatic carbocycles. The van der Waals surface area contributed by atoms with Crippen molar-refractivity contribution in [2.75, 3.05) is 7.05 Å². The summed E-state index contributed by atoms with van der Waals surface area (Å²) in [7, 11) is 1.77. The number of nitriles is 1. The fraction of sp³-hybridized carbons (Fsp3) is 0.111. The molecule has 1 rings (SSSR count). The monoisotopic (exact) mass is 176 g/mol. The zero-order valence-corrected chi connectivity index (χ0v) is 7.48. The van der Waals surface area contributed by atoms with Gasteiger partial charge in [0.15, 0.2) is 0 Å². The maximum atomic E-state index is 8.60. The quantitative estimate of drug-likeness (QED) is 0.658. The predicted molar refractivity (Wildman–Crippen MR) is 51.9 cm³/mol. The summed E-state index contributed by atoms with van der Waals surface area (Å²) in [5.41, 5.74) is 1.51. The number of hydrogen-bond acceptors (Lipinski definition) is 2. The van der Waals surface area contributed by atoms with Gasteiger partial charge in [0.2, 0.25) is 0 Å². The smallest absolute Gasteiger partial charge is 0.106 e. The van der Waals surface area contributed by atoms with Crippen molar-refractivity contribution >= 4 is 17.2 Å². The first-order valence-electron chi connectivity index (χ1n) is 3.50. The summed E-state index contributed by atoms with van der Waals surface area (Å²) in [6.45, 7) is 0. The molecular weight excluding hydrogens is 168 g/mol. The minimum absolute atomic E-state index is 0.630. The van der Waals surface area contributed by atoms with E-state index < -0.39 is 0 Å². The first-order valence-corrected chi connectivity index (χ1v) is 3.91. The van der Waals surface area contributed by atoms with Crippen LogP contribution < -0.4 is 5.32 Å². The van der Waals surface area contributed by atoms with E-state index in [1.165, 1.54) is 0 Å². The molecule has 0 aliphatic carbocycles. The second kappa shape index (κ2) is 3.84. The molecule has 0 saturated carbocycles. The van der Waals surface area contributed by atoms with Crippen molar-refractivity contribution in [3.8, 4) is 6.07 Å². The zero-order chi connectivity index (χ0) is 8.97. The van der Waals surface area contributed by atoms with Gasteiger partial charge in [-0.3, -0.25) is 0 Å². The average molecular weight is 176 g/mol. The van der Waals surface area contributed by atoms with E-state index in [1.807, 2.05) is 12.1 Å². The Labute approximate surface area is 76.8 Å². The van der Waals surface area contributed by atoms with E-state index in [0.29, 0.717) is 10.6 Å². The fourth-order valence-corrected chi connectivity index (χ4v) is 1.00. The van der Waals surface area contributed by atoms with Gasteiger partial charge in [-0.2, -0.15) is 5.26 Å². The molecule has 2 nitrogen and oxygen atoms in total. The number of benzene rings is 1. The Kier molecular flexibility index (Phi) is 2.78. The lowest BCUT2D eigenvalue weighted by Crippen LogP contribution is -2.16. The molecule has 12 heavy (non-hydrogen) atoms. The lowest BCUT2D eigenvalue weighted by molar-refractivity contribution is 1.20. The molecule has 0 radical (unpaired) electrons. The largest absolute Gasteiger partial charge is 0.379 e. The van der Waals surface area contributed by atoms with Crippen molar-refractivity contribution in [3.05, 3.63) is 35.4 Å². The van der Waals surface area contributed by atoms with Gasteiger partial charge in [0.25, 0.3) is 0 Å². The lowest BCUT2D eigenvalue weighted by atomic mass is 10.1. The summed E-state index contributed by atoms with van der Waals surface area (Å²) < 4.78 is 0. The van der Waals surface area contributed by atoms with Crippen LogP contribution in [0.15, 0.2) is 24.3 Å². The first kappa shape index (κ1) is 8.69. The second-order valence-electron chi connectivity index (χ2n) is 2.27. The van der Waals surface area contributed by atoms with Crippen LogP contribution in [0.4, 0.5) is 0 Å². The van der Waals surface area contributed by atoms with Gasteiger partial charge in [0.05, 0.1) is 11.6 Å². The summed E-state index contributed by atoms with van der Waals surface area (Å²) >= 11 is 5.01. The standard InChI is InChI=1S/C9H8N2S/c1-11-9(12)8-4-2-3-7(5-8)6-10/h2-5H,1H3,(H,11,12). The summed E-state index contributed by atoms with van der Waals surface area (Å²) in [5, 5.41) is 11.5. The van der Waals surface area contributed by atoms with Crippen LogP contribution in [0.3, 0.4) is 0 Å². The summed E-state index contributed by atoms with van der Waals surface area (Å²) in [4.78, 5) is 0.659. The van der Waals surface area contributed by atoms with Crippen LogP contribution in [0.5, 0.6) is 0 Å². The van der Waals surface area contributed by atoms with Crippen LogP contribution in [0, 0.1) is 11.3 Å². The normalized spacial score (nSPS) is 8.67. The van der Waals surface area contributed by atoms with E-state index in [2.05, 4.69) is 11.4 Å². The van der Waals surface area contributed by atoms with Gasteiger partial charge in [-0.1, -0.05) is 24.4 Å². The minimum atomic E-state index is 0.630. The molecule has 0 heterocycles. The van der Waals surface area contributed by atoms with E-state index in [0.717, 1.165) is 5.56 Å². The first-order chi connectivity index (χ1) is 5.77.